The molecule has 0 aliphatic heterocycles. The maximum Gasteiger partial charge on any atom is 0.343 e. The molecule has 18 heavy (non-hydrogen) atoms. The molecule has 1 rings (SSSR count). The molecule has 0 spiro atoms. The third-order valence-corrected chi connectivity index (χ3v) is 2.09. The number of allylic oxidation sites excluding steroid dienone is 2. The summed E-state index contributed by atoms with van der Waals surface area (Å²) in [7, 11) is 0. The lowest BCUT2D eigenvalue weighted by Gasteiger charge is -2.00. The van der Waals surface area contributed by atoms with Gasteiger partial charge in [0.25, 0.3) is 0 Å². The molecule has 0 radical (unpaired) electrons. The summed E-state index contributed by atoms with van der Waals surface area (Å²) in [6.07, 6.45) is 3.83. The second-order valence-corrected chi connectivity index (χ2v) is 3.56. The quantitative estimate of drug-likeness (QED) is 0.321. The summed E-state index contributed by atoms with van der Waals surface area (Å²) in [5.74, 6) is -2.94. The van der Waals surface area contributed by atoms with Gasteiger partial charge in [-0.05, 0) is 36.8 Å². The maximum atomic E-state index is 10.5. The molecule has 0 amide bonds. The Balaban J connectivity index is 2.68. The summed E-state index contributed by atoms with van der Waals surface area (Å²) in [6.45, 7) is 1.95. The molecular weight excluding hydrogens is 234 g/mol. The summed E-state index contributed by atoms with van der Waals surface area (Å²) < 4.78 is 0. The predicted molar refractivity (Wildman–Crippen MR) is 67.3 cm³/mol. The Hall–Kier alpha value is -2.56. The number of hydrogen-bond acceptors (Lipinski definition) is 3. The molecule has 0 saturated carbocycles. The van der Waals surface area contributed by atoms with Gasteiger partial charge in [-0.1, -0.05) is 12.1 Å². The standard InChI is InChI=1S/C13H13NO4/c1-9-4-2-5-10(8-9)14-7-3-6-11(12(15)16)13(17)18/h2-8,14H,1H3,(H,15,16)(H,17,18). The van der Waals surface area contributed by atoms with Gasteiger partial charge in [0.15, 0.2) is 0 Å². The van der Waals surface area contributed by atoms with Crippen LogP contribution in [0.15, 0.2) is 48.2 Å². The van der Waals surface area contributed by atoms with Crippen molar-refractivity contribution >= 4 is 17.6 Å². The molecule has 0 atom stereocenters. The Morgan fingerprint density at radius 2 is 1.89 bits per heavy atom. The molecule has 0 fully saturated rings. The molecule has 0 saturated heterocycles. The monoisotopic (exact) mass is 247 g/mol. The topological polar surface area (TPSA) is 86.6 Å². The van der Waals surface area contributed by atoms with Crippen LogP contribution in [-0.2, 0) is 9.59 Å². The number of aliphatic carboxylic acids is 2. The van der Waals surface area contributed by atoms with Gasteiger partial charge in [-0.3, -0.25) is 0 Å². The van der Waals surface area contributed by atoms with Crippen LogP contribution < -0.4 is 5.32 Å². The van der Waals surface area contributed by atoms with Crippen molar-refractivity contribution < 1.29 is 19.8 Å². The number of nitrogens with one attached hydrogen (secondary N) is 1. The van der Waals surface area contributed by atoms with Crippen molar-refractivity contribution in [1.82, 2.24) is 0 Å². The lowest BCUT2D eigenvalue weighted by molar-refractivity contribution is -0.140. The van der Waals surface area contributed by atoms with E-state index >= 15 is 0 Å². The summed E-state index contributed by atoms with van der Waals surface area (Å²) in [4.78, 5) is 21.1. The van der Waals surface area contributed by atoms with E-state index in [9.17, 15) is 9.59 Å². The van der Waals surface area contributed by atoms with Gasteiger partial charge in [0.2, 0.25) is 0 Å². The number of aryl methyl sites for hydroxylation is 1. The third-order valence-electron chi connectivity index (χ3n) is 2.09. The minimum atomic E-state index is -1.47. The van der Waals surface area contributed by atoms with E-state index in [0.29, 0.717) is 0 Å². The zero-order valence-electron chi connectivity index (χ0n) is 9.75. The van der Waals surface area contributed by atoms with Crippen LogP contribution in [0.1, 0.15) is 5.56 Å². The molecule has 0 bridgehead atoms. The third kappa shape index (κ3) is 4.13. The second-order valence-electron chi connectivity index (χ2n) is 3.56. The van der Waals surface area contributed by atoms with Gasteiger partial charge in [0, 0.05) is 11.9 Å². The Kier molecular flexibility index (Phi) is 4.68. The van der Waals surface area contributed by atoms with E-state index in [4.69, 9.17) is 10.2 Å². The average molecular weight is 247 g/mol. The van der Waals surface area contributed by atoms with Gasteiger partial charge >= 0.3 is 11.9 Å². The van der Waals surface area contributed by atoms with E-state index in [2.05, 4.69) is 5.32 Å². The summed E-state index contributed by atoms with van der Waals surface area (Å²) in [6, 6.07) is 7.57. The second kappa shape index (κ2) is 6.24. The number of carboxylic acids is 2. The Morgan fingerprint density at radius 3 is 2.44 bits per heavy atom. The van der Waals surface area contributed by atoms with Crippen LogP contribution in [0.5, 0.6) is 0 Å². The highest BCUT2D eigenvalue weighted by Crippen LogP contribution is 2.09. The summed E-state index contributed by atoms with van der Waals surface area (Å²) in [5.41, 5.74) is 1.24. The highest BCUT2D eigenvalue weighted by atomic mass is 16.4. The first kappa shape index (κ1) is 13.5. The molecule has 94 valence electrons. The van der Waals surface area contributed by atoms with Crippen LogP contribution in [0.25, 0.3) is 0 Å². The molecule has 0 heterocycles. The van der Waals surface area contributed by atoms with E-state index in [1.165, 1.54) is 12.3 Å². The minimum absolute atomic E-state index is 0.683. The van der Waals surface area contributed by atoms with Gasteiger partial charge in [0.1, 0.15) is 5.57 Å². The molecular formula is C13H13NO4. The van der Waals surface area contributed by atoms with Gasteiger partial charge < -0.3 is 15.5 Å². The number of anilines is 1. The predicted octanol–water partition coefficient (Wildman–Crippen LogP) is 2.02. The Labute approximate surface area is 104 Å². The number of carbonyl (C=O) groups is 2. The van der Waals surface area contributed by atoms with Crippen molar-refractivity contribution in [2.75, 3.05) is 5.32 Å². The van der Waals surface area contributed by atoms with Crippen LogP contribution in [0, 0.1) is 6.92 Å². The minimum Gasteiger partial charge on any atom is -0.477 e. The van der Waals surface area contributed by atoms with Crippen molar-refractivity contribution in [2.45, 2.75) is 6.92 Å². The van der Waals surface area contributed by atoms with Crippen molar-refractivity contribution in [3.05, 3.63) is 53.8 Å². The fraction of sp³-hybridized carbons (Fsp3) is 0.0769. The van der Waals surface area contributed by atoms with Crippen LogP contribution in [-0.4, -0.2) is 22.2 Å². The zero-order chi connectivity index (χ0) is 13.5. The summed E-state index contributed by atoms with van der Waals surface area (Å²) in [5, 5.41) is 20.1. The lowest BCUT2D eigenvalue weighted by atomic mass is 10.2. The highest BCUT2D eigenvalue weighted by Gasteiger charge is 2.13. The molecule has 3 N–H and O–H groups in total. The van der Waals surface area contributed by atoms with Crippen LogP contribution in [0.4, 0.5) is 5.69 Å². The number of rotatable bonds is 5. The van der Waals surface area contributed by atoms with E-state index < -0.39 is 17.5 Å². The number of benzene rings is 1. The zero-order valence-corrected chi connectivity index (χ0v) is 9.75. The number of hydrogen-bond donors (Lipinski definition) is 3. The van der Waals surface area contributed by atoms with Crippen LogP contribution in [0.3, 0.4) is 0 Å². The maximum absolute atomic E-state index is 10.5. The molecule has 5 nitrogen and oxygen atoms in total. The molecule has 5 heteroatoms. The first-order valence-electron chi connectivity index (χ1n) is 5.17. The molecule has 1 aromatic carbocycles. The average Bonchev–Trinajstić information content (AvgIpc) is 2.27. The van der Waals surface area contributed by atoms with Crippen LogP contribution in [0.2, 0.25) is 0 Å². The van der Waals surface area contributed by atoms with Crippen LogP contribution >= 0.6 is 0 Å². The SMILES string of the molecule is Cc1cccc(NC=CC=C(C(=O)O)C(=O)O)c1. The van der Waals surface area contributed by atoms with Gasteiger partial charge in [-0.15, -0.1) is 0 Å². The highest BCUT2D eigenvalue weighted by molar-refractivity contribution is 6.12. The van der Waals surface area contributed by atoms with Gasteiger partial charge in [-0.2, -0.15) is 0 Å². The lowest BCUT2D eigenvalue weighted by Crippen LogP contribution is -2.10. The Bertz CT molecular complexity index is 501. The van der Waals surface area contributed by atoms with E-state index in [0.717, 1.165) is 17.3 Å². The molecule has 0 aliphatic rings. The first-order valence-corrected chi connectivity index (χ1v) is 5.17. The van der Waals surface area contributed by atoms with Gasteiger partial charge in [0.05, 0.1) is 0 Å². The van der Waals surface area contributed by atoms with E-state index in [1.54, 1.807) is 0 Å². The fourth-order valence-electron chi connectivity index (χ4n) is 1.26. The summed E-state index contributed by atoms with van der Waals surface area (Å²) >= 11 is 0. The molecule has 0 unspecified atom stereocenters. The number of carboxylic acid groups (broad SMARTS) is 2. The van der Waals surface area contributed by atoms with Crippen molar-refractivity contribution in [1.29, 1.82) is 0 Å². The van der Waals surface area contributed by atoms with E-state index in [-0.39, 0.29) is 0 Å². The van der Waals surface area contributed by atoms with Crippen molar-refractivity contribution in [3.63, 3.8) is 0 Å². The van der Waals surface area contributed by atoms with Crippen molar-refractivity contribution in [2.24, 2.45) is 0 Å². The normalized spacial score (nSPS) is 10.1. The molecule has 1 aromatic rings. The Morgan fingerprint density at radius 1 is 1.22 bits per heavy atom. The van der Waals surface area contributed by atoms with Gasteiger partial charge in [-0.25, -0.2) is 9.59 Å². The fourth-order valence-corrected chi connectivity index (χ4v) is 1.26. The molecule has 0 aliphatic carbocycles. The van der Waals surface area contributed by atoms with E-state index in [1.807, 2.05) is 31.2 Å². The van der Waals surface area contributed by atoms with Crippen molar-refractivity contribution in [3.8, 4) is 0 Å². The first-order chi connectivity index (χ1) is 8.50. The molecule has 0 aromatic heterocycles. The smallest absolute Gasteiger partial charge is 0.343 e. The largest absolute Gasteiger partial charge is 0.477 e.